The Kier molecular flexibility index (Phi) is 14.6. The number of carbonyl (C=O) groups is 1. The lowest BCUT2D eigenvalue weighted by Crippen LogP contribution is -2.30. The van der Waals surface area contributed by atoms with Gasteiger partial charge < -0.3 is 4.90 Å². The van der Waals surface area contributed by atoms with Crippen LogP contribution in [0.4, 0.5) is 0 Å². The van der Waals surface area contributed by atoms with Crippen molar-refractivity contribution < 1.29 is 4.79 Å². The number of rotatable bonds is 15. The van der Waals surface area contributed by atoms with Gasteiger partial charge in [0.15, 0.2) is 0 Å². The smallest absolute Gasteiger partial charge is 0.246 e. The highest BCUT2D eigenvalue weighted by atomic mass is 16.2. The summed E-state index contributed by atoms with van der Waals surface area (Å²) in [7, 11) is 0. The van der Waals surface area contributed by atoms with Gasteiger partial charge in [-0.05, 0) is 12.5 Å². The van der Waals surface area contributed by atoms with Gasteiger partial charge in [0.05, 0.1) is 0 Å². The van der Waals surface area contributed by atoms with E-state index in [1.807, 2.05) is 4.90 Å². The second-order valence-corrected chi connectivity index (χ2v) is 5.81. The topological polar surface area (TPSA) is 20.3 Å². The number of unbranched alkanes of at least 4 members (excludes halogenated alkanes) is 10. The van der Waals surface area contributed by atoms with Crippen LogP contribution in [0.1, 0.15) is 77.6 Å². The Balaban J connectivity index is 3.39. The maximum absolute atomic E-state index is 11.6. The second-order valence-electron chi connectivity index (χ2n) is 5.81. The minimum absolute atomic E-state index is 0.0157. The molecule has 0 heterocycles. The van der Waals surface area contributed by atoms with E-state index >= 15 is 0 Å². The third-order valence-corrected chi connectivity index (χ3v) is 3.87. The fraction of sp³-hybridized carbons (Fsp3) is 0.737. The summed E-state index contributed by atoms with van der Waals surface area (Å²) in [5, 5.41) is 0. The number of nitrogens with zero attached hydrogens (tertiary/aromatic N) is 1. The largest absolute Gasteiger partial charge is 0.335 e. The van der Waals surface area contributed by atoms with Crippen molar-refractivity contribution in [2.24, 2.45) is 0 Å². The summed E-state index contributed by atoms with van der Waals surface area (Å²) in [4.78, 5) is 13.4. The van der Waals surface area contributed by atoms with Crippen LogP contribution < -0.4 is 0 Å². The van der Waals surface area contributed by atoms with Gasteiger partial charge in [-0.2, -0.15) is 0 Å². The molecule has 0 saturated carbocycles. The van der Waals surface area contributed by atoms with Crippen LogP contribution in [0.25, 0.3) is 0 Å². The Hall–Kier alpha value is -1.05. The SMILES string of the molecule is C=CCN(CCCCCCCCCCCCC)C(=O)C=C. The van der Waals surface area contributed by atoms with E-state index in [0.29, 0.717) is 6.54 Å². The standard InChI is InChI=1S/C19H35NO/c1-4-7-8-9-10-11-12-13-14-15-16-18-20(17-5-2)19(21)6-3/h5-6H,2-4,7-18H2,1H3. The molecule has 2 nitrogen and oxygen atoms in total. The van der Waals surface area contributed by atoms with Crippen molar-refractivity contribution in [2.45, 2.75) is 77.6 Å². The molecule has 1 amide bonds. The molecule has 0 N–H and O–H groups in total. The molecular weight excluding hydrogens is 258 g/mol. The summed E-state index contributed by atoms with van der Waals surface area (Å²) < 4.78 is 0. The maximum atomic E-state index is 11.6. The highest BCUT2D eigenvalue weighted by molar-refractivity contribution is 5.87. The predicted molar refractivity (Wildman–Crippen MR) is 93.4 cm³/mol. The first kappa shape index (κ1) is 19.9. The Labute approximate surface area is 132 Å². The van der Waals surface area contributed by atoms with Crippen LogP contribution >= 0.6 is 0 Å². The summed E-state index contributed by atoms with van der Waals surface area (Å²) in [6.07, 6.45) is 17.8. The van der Waals surface area contributed by atoms with Gasteiger partial charge in [-0.15, -0.1) is 6.58 Å². The minimum Gasteiger partial charge on any atom is -0.335 e. The number of carbonyl (C=O) groups excluding carboxylic acids is 1. The Morgan fingerprint density at radius 1 is 0.857 bits per heavy atom. The average Bonchev–Trinajstić information content (AvgIpc) is 2.50. The lowest BCUT2D eigenvalue weighted by molar-refractivity contribution is -0.125. The van der Waals surface area contributed by atoms with Crippen LogP contribution in [0.3, 0.4) is 0 Å². The number of hydrogen-bond donors (Lipinski definition) is 0. The van der Waals surface area contributed by atoms with E-state index in [2.05, 4.69) is 20.1 Å². The first-order valence-corrected chi connectivity index (χ1v) is 8.78. The van der Waals surface area contributed by atoms with Crippen molar-refractivity contribution in [2.75, 3.05) is 13.1 Å². The molecule has 0 unspecified atom stereocenters. The molecule has 0 radical (unpaired) electrons. The highest BCUT2D eigenvalue weighted by Gasteiger charge is 2.06. The molecule has 0 bridgehead atoms. The molecule has 122 valence electrons. The van der Waals surface area contributed by atoms with Gasteiger partial charge in [0.2, 0.25) is 5.91 Å². The van der Waals surface area contributed by atoms with Crippen LogP contribution in [-0.4, -0.2) is 23.9 Å². The first-order chi connectivity index (χ1) is 10.3. The van der Waals surface area contributed by atoms with Gasteiger partial charge in [-0.25, -0.2) is 0 Å². The van der Waals surface area contributed by atoms with Crippen LogP contribution in [0.5, 0.6) is 0 Å². The van der Waals surface area contributed by atoms with Crippen LogP contribution in [0, 0.1) is 0 Å². The molecule has 0 rings (SSSR count). The van der Waals surface area contributed by atoms with E-state index in [9.17, 15) is 4.79 Å². The quantitative estimate of drug-likeness (QED) is 0.222. The Morgan fingerprint density at radius 3 is 1.76 bits per heavy atom. The fourth-order valence-corrected chi connectivity index (χ4v) is 2.54. The maximum Gasteiger partial charge on any atom is 0.246 e. The van der Waals surface area contributed by atoms with Gasteiger partial charge in [0, 0.05) is 13.1 Å². The number of amides is 1. The molecule has 2 heteroatoms. The summed E-state index contributed by atoms with van der Waals surface area (Å²) in [5.74, 6) is 0.0157. The molecule has 0 aromatic heterocycles. The van der Waals surface area contributed by atoms with E-state index in [-0.39, 0.29) is 5.91 Å². The lowest BCUT2D eigenvalue weighted by Gasteiger charge is -2.19. The summed E-state index contributed by atoms with van der Waals surface area (Å²) in [6, 6.07) is 0. The molecule has 0 aliphatic rings. The van der Waals surface area contributed by atoms with Crippen LogP contribution in [0.2, 0.25) is 0 Å². The molecule has 0 aromatic carbocycles. The average molecular weight is 293 g/mol. The molecule has 0 saturated heterocycles. The molecular formula is C19H35NO. The van der Waals surface area contributed by atoms with E-state index in [1.165, 1.54) is 70.3 Å². The summed E-state index contributed by atoms with van der Waals surface area (Å²) >= 11 is 0. The molecule has 0 aromatic rings. The Morgan fingerprint density at radius 2 is 1.33 bits per heavy atom. The van der Waals surface area contributed by atoms with Crippen molar-refractivity contribution in [3.8, 4) is 0 Å². The third kappa shape index (κ3) is 12.4. The zero-order chi connectivity index (χ0) is 15.8. The van der Waals surface area contributed by atoms with Gasteiger partial charge in [0.25, 0.3) is 0 Å². The third-order valence-electron chi connectivity index (χ3n) is 3.87. The molecule has 0 aliphatic heterocycles. The van der Waals surface area contributed by atoms with Crippen molar-refractivity contribution in [3.05, 3.63) is 25.3 Å². The zero-order valence-electron chi connectivity index (χ0n) is 14.1. The van der Waals surface area contributed by atoms with E-state index in [0.717, 1.165) is 13.0 Å². The monoisotopic (exact) mass is 293 g/mol. The molecule has 21 heavy (non-hydrogen) atoms. The Bertz CT molecular complexity index is 273. The zero-order valence-corrected chi connectivity index (χ0v) is 14.1. The van der Waals surface area contributed by atoms with Gasteiger partial charge in [-0.1, -0.05) is 83.8 Å². The minimum atomic E-state index is 0.0157. The second kappa shape index (κ2) is 15.3. The highest BCUT2D eigenvalue weighted by Crippen LogP contribution is 2.11. The van der Waals surface area contributed by atoms with Crippen molar-refractivity contribution in [1.82, 2.24) is 4.90 Å². The van der Waals surface area contributed by atoms with E-state index in [1.54, 1.807) is 6.08 Å². The summed E-state index contributed by atoms with van der Waals surface area (Å²) in [5.41, 5.74) is 0. The van der Waals surface area contributed by atoms with Gasteiger partial charge >= 0.3 is 0 Å². The van der Waals surface area contributed by atoms with Crippen LogP contribution in [0.15, 0.2) is 25.3 Å². The van der Waals surface area contributed by atoms with Crippen molar-refractivity contribution >= 4 is 5.91 Å². The van der Waals surface area contributed by atoms with Crippen molar-refractivity contribution in [1.29, 1.82) is 0 Å². The van der Waals surface area contributed by atoms with Crippen molar-refractivity contribution in [3.63, 3.8) is 0 Å². The van der Waals surface area contributed by atoms with Gasteiger partial charge in [-0.3, -0.25) is 4.79 Å². The van der Waals surface area contributed by atoms with E-state index in [4.69, 9.17) is 0 Å². The summed E-state index contributed by atoms with van der Waals surface area (Å²) in [6.45, 7) is 11.0. The molecule has 0 fully saturated rings. The van der Waals surface area contributed by atoms with Gasteiger partial charge in [0.1, 0.15) is 0 Å². The number of hydrogen-bond acceptors (Lipinski definition) is 1. The lowest BCUT2D eigenvalue weighted by atomic mass is 10.1. The predicted octanol–water partition coefficient (Wildman–Crippen LogP) is 5.50. The van der Waals surface area contributed by atoms with E-state index < -0.39 is 0 Å². The normalized spacial score (nSPS) is 10.3. The van der Waals surface area contributed by atoms with Crippen LogP contribution in [-0.2, 0) is 4.79 Å². The fourth-order valence-electron chi connectivity index (χ4n) is 2.54. The molecule has 0 aliphatic carbocycles. The first-order valence-electron chi connectivity index (χ1n) is 8.78. The molecule has 0 spiro atoms. The molecule has 0 atom stereocenters.